The summed E-state index contributed by atoms with van der Waals surface area (Å²) >= 11 is 1.79. The van der Waals surface area contributed by atoms with Crippen molar-refractivity contribution in [1.29, 1.82) is 0 Å². The van der Waals surface area contributed by atoms with Crippen molar-refractivity contribution in [3.05, 3.63) is 11.1 Å². The summed E-state index contributed by atoms with van der Waals surface area (Å²) in [7, 11) is 4.06. The molecule has 0 aliphatic heterocycles. The summed E-state index contributed by atoms with van der Waals surface area (Å²) in [4.78, 5) is 7.86. The predicted octanol–water partition coefficient (Wildman–Crippen LogP) is 1.91. The van der Waals surface area contributed by atoms with Crippen LogP contribution in [0.5, 0.6) is 0 Å². The molecule has 84 valence electrons. The van der Waals surface area contributed by atoms with Crippen LogP contribution < -0.4 is 10.6 Å². The van der Waals surface area contributed by atoms with E-state index in [1.54, 1.807) is 11.3 Å². The summed E-state index contributed by atoms with van der Waals surface area (Å²) < 4.78 is 0. The van der Waals surface area contributed by atoms with Crippen LogP contribution in [-0.4, -0.2) is 25.6 Å². The van der Waals surface area contributed by atoms with Crippen molar-refractivity contribution in [2.75, 3.05) is 25.5 Å². The molecule has 1 fully saturated rings. The fourth-order valence-electron chi connectivity index (χ4n) is 2.38. The number of anilines is 1. The highest BCUT2D eigenvalue weighted by Crippen LogP contribution is 2.64. The Balaban J connectivity index is 2.18. The molecular weight excluding hydrogens is 206 g/mol. The lowest BCUT2D eigenvalue weighted by Gasteiger charge is -2.05. The zero-order valence-electron chi connectivity index (χ0n) is 9.82. The second kappa shape index (κ2) is 3.46. The molecule has 0 radical (unpaired) electrons. The molecule has 0 saturated heterocycles. The van der Waals surface area contributed by atoms with E-state index < -0.39 is 0 Å². The lowest BCUT2D eigenvalue weighted by atomic mass is 10.1. The third-order valence-corrected chi connectivity index (χ3v) is 4.75. The molecule has 1 heterocycles. The van der Waals surface area contributed by atoms with Crippen molar-refractivity contribution in [3.63, 3.8) is 0 Å². The fraction of sp³-hybridized carbons (Fsp3) is 0.727. The van der Waals surface area contributed by atoms with Crippen LogP contribution in [0.2, 0.25) is 0 Å². The van der Waals surface area contributed by atoms with Crippen LogP contribution in [0.25, 0.3) is 0 Å². The Labute approximate surface area is 95.3 Å². The molecule has 1 aliphatic carbocycles. The highest BCUT2D eigenvalue weighted by molar-refractivity contribution is 7.15. The maximum Gasteiger partial charge on any atom is 0.184 e. The van der Waals surface area contributed by atoms with Crippen LogP contribution in [0.3, 0.4) is 0 Å². The molecular formula is C11H19N3S. The molecule has 0 spiro atoms. The Kier molecular flexibility index (Phi) is 2.51. The van der Waals surface area contributed by atoms with E-state index in [1.165, 1.54) is 4.88 Å². The van der Waals surface area contributed by atoms with Gasteiger partial charge in [-0.1, -0.05) is 13.8 Å². The highest BCUT2D eigenvalue weighted by Gasteiger charge is 2.58. The maximum absolute atomic E-state index is 5.78. The van der Waals surface area contributed by atoms with Crippen molar-refractivity contribution in [2.24, 2.45) is 17.1 Å². The molecule has 0 bridgehead atoms. The molecule has 2 rings (SSSR count). The SMILES string of the molecule is CN(C)c1ncc([C@@H]2[C@@H](CN)C2(C)C)s1. The zero-order valence-corrected chi connectivity index (χ0v) is 10.6. The summed E-state index contributed by atoms with van der Waals surface area (Å²) in [6.07, 6.45) is 2.02. The van der Waals surface area contributed by atoms with Crippen LogP contribution >= 0.6 is 11.3 Å². The topological polar surface area (TPSA) is 42.2 Å². The minimum Gasteiger partial charge on any atom is -0.354 e. The third-order valence-electron chi connectivity index (χ3n) is 3.50. The quantitative estimate of drug-likeness (QED) is 0.854. The van der Waals surface area contributed by atoms with Crippen LogP contribution in [0.4, 0.5) is 5.13 Å². The summed E-state index contributed by atoms with van der Waals surface area (Å²) in [5, 5.41) is 1.09. The van der Waals surface area contributed by atoms with E-state index in [0.29, 0.717) is 17.3 Å². The Morgan fingerprint density at radius 1 is 1.53 bits per heavy atom. The van der Waals surface area contributed by atoms with Gasteiger partial charge >= 0.3 is 0 Å². The van der Waals surface area contributed by atoms with Crippen molar-refractivity contribution in [3.8, 4) is 0 Å². The third kappa shape index (κ3) is 1.66. The minimum atomic E-state index is 0.366. The van der Waals surface area contributed by atoms with Crippen LogP contribution in [0.15, 0.2) is 6.20 Å². The number of thiazole rings is 1. The molecule has 0 amide bonds. The first-order valence-corrected chi connectivity index (χ1v) is 6.13. The molecule has 1 aromatic heterocycles. The van der Waals surface area contributed by atoms with E-state index in [-0.39, 0.29) is 0 Å². The Morgan fingerprint density at radius 2 is 2.20 bits per heavy atom. The van der Waals surface area contributed by atoms with Crippen molar-refractivity contribution in [1.82, 2.24) is 4.98 Å². The van der Waals surface area contributed by atoms with Gasteiger partial charge in [0.2, 0.25) is 0 Å². The molecule has 2 N–H and O–H groups in total. The maximum atomic E-state index is 5.78. The average molecular weight is 225 g/mol. The van der Waals surface area contributed by atoms with Gasteiger partial charge in [-0.05, 0) is 17.9 Å². The normalized spacial score (nSPS) is 27.8. The van der Waals surface area contributed by atoms with Crippen molar-refractivity contribution in [2.45, 2.75) is 19.8 Å². The van der Waals surface area contributed by atoms with Crippen LogP contribution in [0.1, 0.15) is 24.6 Å². The molecule has 0 unspecified atom stereocenters. The standard InChI is InChI=1S/C11H19N3S/c1-11(2)7(5-12)9(11)8-6-13-10(15-8)14(3)4/h6-7,9H,5,12H2,1-4H3/t7-,9+/m1/s1. The number of hydrogen-bond acceptors (Lipinski definition) is 4. The van der Waals surface area contributed by atoms with Crippen molar-refractivity contribution < 1.29 is 0 Å². The van der Waals surface area contributed by atoms with E-state index in [2.05, 4.69) is 23.7 Å². The average Bonchev–Trinajstić information content (AvgIpc) is 2.58. The van der Waals surface area contributed by atoms with Crippen LogP contribution in [0, 0.1) is 11.3 Å². The molecule has 2 atom stereocenters. The fourth-order valence-corrected chi connectivity index (χ4v) is 3.58. The molecule has 0 aromatic carbocycles. The number of aromatic nitrogens is 1. The van der Waals surface area contributed by atoms with Gasteiger partial charge in [-0.25, -0.2) is 4.98 Å². The largest absolute Gasteiger partial charge is 0.354 e. The lowest BCUT2D eigenvalue weighted by molar-refractivity contribution is 0.559. The van der Waals surface area contributed by atoms with Gasteiger partial charge in [0.1, 0.15) is 0 Å². The Bertz CT molecular complexity index is 356. The molecule has 1 aromatic rings. The summed E-state index contributed by atoms with van der Waals surface area (Å²) in [6, 6.07) is 0. The van der Waals surface area contributed by atoms with Gasteiger partial charge in [0.15, 0.2) is 5.13 Å². The first-order valence-electron chi connectivity index (χ1n) is 5.31. The van der Waals surface area contributed by atoms with E-state index in [4.69, 9.17) is 5.73 Å². The van der Waals surface area contributed by atoms with E-state index in [1.807, 2.05) is 20.3 Å². The highest BCUT2D eigenvalue weighted by atomic mass is 32.1. The molecule has 1 saturated carbocycles. The molecule has 3 nitrogen and oxygen atoms in total. The summed E-state index contributed by atoms with van der Waals surface area (Å²) in [5.41, 5.74) is 6.14. The Morgan fingerprint density at radius 3 is 2.60 bits per heavy atom. The van der Waals surface area contributed by atoms with Gasteiger partial charge in [-0.3, -0.25) is 0 Å². The second-order valence-electron chi connectivity index (χ2n) is 5.08. The zero-order chi connectivity index (χ0) is 11.2. The number of rotatable bonds is 3. The monoisotopic (exact) mass is 225 g/mol. The van der Waals surface area contributed by atoms with Gasteiger partial charge in [0.25, 0.3) is 0 Å². The summed E-state index contributed by atoms with van der Waals surface area (Å²) in [5.74, 6) is 1.25. The van der Waals surface area contributed by atoms with E-state index in [0.717, 1.165) is 11.7 Å². The van der Waals surface area contributed by atoms with E-state index >= 15 is 0 Å². The van der Waals surface area contributed by atoms with Crippen molar-refractivity contribution >= 4 is 16.5 Å². The minimum absolute atomic E-state index is 0.366. The summed E-state index contributed by atoms with van der Waals surface area (Å²) in [6.45, 7) is 5.38. The second-order valence-corrected chi connectivity index (χ2v) is 6.12. The van der Waals surface area contributed by atoms with Gasteiger partial charge in [-0.2, -0.15) is 0 Å². The first-order chi connectivity index (χ1) is 6.98. The van der Waals surface area contributed by atoms with Crippen LogP contribution in [-0.2, 0) is 0 Å². The molecule has 15 heavy (non-hydrogen) atoms. The number of nitrogens with zero attached hydrogens (tertiary/aromatic N) is 2. The first kappa shape index (κ1) is 10.9. The number of nitrogens with two attached hydrogens (primary N) is 1. The molecule has 4 heteroatoms. The molecule has 1 aliphatic rings. The number of hydrogen-bond donors (Lipinski definition) is 1. The van der Waals surface area contributed by atoms with E-state index in [9.17, 15) is 0 Å². The van der Waals surface area contributed by atoms with Gasteiger partial charge in [0, 0.05) is 31.1 Å². The lowest BCUT2D eigenvalue weighted by Crippen LogP contribution is -2.07. The predicted molar refractivity (Wildman–Crippen MR) is 65.5 cm³/mol. The Hall–Kier alpha value is -0.610. The van der Waals surface area contributed by atoms with Gasteiger partial charge < -0.3 is 10.6 Å². The van der Waals surface area contributed by atoms with Gasteiger partial charge in [-0.15, -0.1) is 11.3 Å². The van der Waals surface area contributed by atoms with Gasteiger partial charge in [0.05, 0.1) is 0 Å². The smallest absolute Gasteiger partial charge is 0.184 e.